The second-order valence-corrected chi connectivity index (χ2v) is 7.66. The molecule has 0 aliphatic carbocycles. The number of esters is 1. The molecule has 10 heteroatoms. The fraction of sp³-hybridized carbons (Fsp3) is 0.357. The number of aliphatic carboxylic acids is 1. The number of ether oxygens (including phenoxy) is 1. The Hall–Kier alpha value is -1.05. The summed E-state index contributed by atoms with van der Waals surface area (Å²) in [6.45, 7) is 2.74. The van der Waals surface area contributed by atoms with Crippen LogP contribution in [0.5, 0.6) is 0 Å². The summed E-state index contributed by atoms with van der Waals surface area (Å²) in [6, 6.07) is 2.99. The van der Waals surface area contributed by atoms with Crippen molar-refractivity contribution in [2.24, 2.45) is 0 Å². The third-order valence-electron chi connectivity index (χ3n) is 2.94. The zero-order valence-corrected chi connectivity index (χ0v) is 17.0. The Morgan fingerprint density at radius 1 is 1.21 bits per heavy atom. The van der Waals surface area contributed by atoms with Gasteiger partial charge in [0.15, 0.2) is 5.60 Å². The summed E-state index contributed by atoms with van der Waals surface area (Å²) >= 11 is 3.76. The normalized spacial score (nSPS) is 11.8. The lowest BCUT2D eigenvalue weighted by molar-refractivity contribution is -0.341. The number of benzene rings is 1. The Kier molecular flexibility index (Phi) is 6.52. The first-order chi connectivity index (χ1) is 10.8. The first kappa shape index (κ1) is 21.0. The molecule has 132 valence electrons. The molecule has 1 aromatic rings. The molecule has 24 heavy (non-hydrogen) atoms. The number of nitrogens with one attached hydrogen (secondary N) is 1. The van der Waals surface area contributed by atoms with Crippen LogP contribution in [0.25, 0.3) is 0 Å². The van der Waals surface area contributed by atoms with Crippen molar-refractivity contribution in [3.05, 3.63) is 24.8 Å². The SMILES string of the molecule is CC(=O)Nc1c(I)cc(I)cc1C(=O)OC(C)(C)C(F)(F)C(=O)[O-]. The number of carbonyl (C=O) groups excluding carboxylic acids is 3. The van der Waals surface area contributed by atoms with Crippen LogP contribution in [0.2, 0.25) is 0 Å². The minimum absolute atomic E-state index is 0.0982. The molecule has 0 saturated heterocycles. The third-order valence-corrected chi connectivity index (χ3v) is 4.41. The molecule has 0 aliphatic rings. The summed E-state index contributed by atoms with van der Waals surface area (Å²) in [4.78, 5) is 34.2. The van der Waals surface area contributed by atoms with Crippen molar-refractivity contribution in [2.45, 2.75) is 32.3 Å². The van der Waals surface area contributed by atoms with Crippen LogP contribution in [-0.4, -0.2) is 29.4 Å². The van der Waals surface area contributed by atoms with E-state index in [-0.39, 0.29) is 11.3 Å². The summed E-state index contributed by atoms with van der Waals surface area (Å²) < 4.78 is 33.1. The standard InChI is InChI=1S/C14H13F2I2NO5/c1-6(20)19-10-8(4-7(17)5-9(10)18)11(21)24-13(2,3)14(15,16)12(22)23/h4-5H,1-3H3,(H,19,20)(H,22,23)/p-1. The van der Waals surface area contributed by atoms with E-state index in [1.165, 1.54) is 13.0 Å². The van der Waals surface area contributed by atoms with Crippen molar-refractivity contribution in [3.8, 4) is 0 Å². The topological polar surface area (TPSA) is 95.5 Å². The molecule has 0 saturated carbocycles. The fourth-order valence-electron chi connectivity index (χ4n) is 1.63. The van der Waals surface area contributed by atoms with Gasteiger partial charge in [0.2, 0.25) is 5.91 Å². The number of carbonyl (C=O) groups is 3. The number of rotatable bonds is 5. The van der Waals surface area contributed by atoms with Crippen LogP contribution in [0.4, 0.5) is 14.5 Å². The van der Waals surface area contributed by atoms with E-state index in [9.17, 15) is 28.3 Å². The van der Waals surface area contributed by atoms with Gasteiger partial charge in [0.25, 0.3) is 0 Å². The predicted molar refractivity (Wildman–Crippen MR) is 95.6 cm³/mol. The lowest BCUT2D eigenvalue weighted by Crippen LogP contribution is -2.57. The van der Waals surface area contributed by atoms with E-state index in [0.29, 0.717) is 7.14 Å². The van der Waals surface area contributed by atoms with E-state index in [4.69, 9.17) is 4.74 Å². The summed E-state index contributed by atoms with van der Waals surface area (Å²) in [7, 11) is 0. The smallest absolute Gasteiger partial charge is 0.341 e. The highest BCUT2D eigenvalue weighted by atomic mass is 127. The molecule has 1 N–H and O–H groups in total. The lowest BCUT2D eigenvalue weighted by Gasteiger charge is -2.34. The Labute approximate surface area is 163 Å². The maximum absolute atomic E-state index is 13.7. The molecule has 1 rings (SSSR count). The van der Waals surface area contributed by atoms with Gasteiger partial charge in [-0.3, -0.25) is 4.79 Å². The van der Waals surface area contributed by atoms with Gasteiger partial charge < -0.3 is 20.0 Å². The highest BCUT2D eigenvalue weighted by Gasteiger charge is 2.51. The third kappa shape index (κ3) is 4.52. The number of alkyl halides is 2. The highest BCUT2D eigenvalue weighted by molar-refractivity contribution is 14.1. The van der Waals surface area contributed by atoms with E-state index in [2.05, 4.69) is 5.32 Å². The van der Waals surface area contributed by atoms with Gasteiger partial charge in [0, 0.05) is 14.1 Å². The predicted octanol–water partition coefficient (Wildman–Crippen LogP) is 2.17. The molecule has 0 bridgehead atoms. The maximum atomic E-state index is 13.7. The molecule has 0 fully saturated rings. The van der Waals surface area contributed by atoms with E-state index in [0.717, 1.165) is 13.8 Å². The van der Waals surface area contributed by atoms with E-state index in [1.54, 1.807) is 6.07 Å². The molecule has 1 aromatic carbocycles. The molecular formula is C14H12F2I2NO5-. The second-order valence-electron chi connectivity index (χ2n) is 5.25. The molecule has 0 unspecified atom stereocenters. The van der Waals surface area contributed by atoms with Crippen LogP contribution in [-0.2, 0) is 14.3 Å². The summed E-state index contributed by atoms with van der Waals surface area (Å²) in [5, 5.41) is 13.0. The number of anilines is 1. The Morgan fingerprint density at radius 3 is 2.21 bits per heavy atom. The monoisotopic (exact) mass is 566 g/mol. The van der Waals surface area contributed by atoms with Gasteiger partial charge in [0.05, 0.1) is 11.3 Å². The Balaban J connectivity index is 3.29. The van der Waals surface area contributed by atoms with Crippen LogP contribution in [0.1, 0.15) is 31.1 Å². The summed E-state index contributed by atoms with van der Waals surface area (Å²) in [5.41, 5.74) is -2.71. The summed E-state index contributed by atoms with van der Waals surface area (Å²) in [6.07, 6.45) is 0. The molecular weight excluding hydrogens is 554 g/mol. The number of hydrogen-bond donors (Lipinski definition) is 1. The largest absolute Gasteiger partial charge is 0.544 e. The number of halogens is 4. The van der Waals surface area contributed by atoms with Gasteiger partial charge in [-0.05, 0) is 71.2 Å². The number of carboxylic acid groups (broad SMARTS) is 1. The van der Waals surface area contributed by atoms with Gasteiger partial charge in [0.1, 0.15) is 5.97 Å². The number of carboxylic acids is 1. The Morgan fingerprint density at radius 2 is 1.75 bits per heavy atom. The molecule has 0 aromatic heterocycles. The van der Waals surface area contributed by atoms with Crippen molar-refractivity contribution in [3.63, 3.8) is 0 Å². The maximum Gasteiger partial charge on any atom is 0.341 e. The first-order valence-corrected chi connectivity index (χ1v) is 8.54. The van der Waals surface area contributed by atoms with Crippen LogP contribution in [0, 0.1) is 7.14 Å². The fourth-order valence-corrected chi connectivity index (χ4v) is 3.61. The minimum atomic E-state index is -4.40. The van der Waals surface area contributed by atoms with E-state index < -0.39 is 29.4 Å². The van der Waals surface area contributed by atoms with Crippen molar-refractivity contribution in [1.29, 1.82) is 0 Å². The first-order valence-electron chi connectivity index (χ1n) is 6.39. The quantitative estimate of drug-likeness (QED) is 0.436. The highest BCUT2D eigenvalue weighted by Crippen LogP contribution is 2.34. The molecule has 0 heterocycles. The average Bonchev–Trinajstić information content (AvgIpc) is 2.40. The molecule has 0 atom stereocenters. The lowest BCUT2D eigenvalue weighted by atomic mass is 10.00. The average molecular weight is 566 g/mol. The molecule has 6 nitrogen and oxygen atoms in total. The van der Waals surface area contributed by atoms with Gasteiger partial charge in [-0.25, -0.2) is 4.79 Å². The van der Waals surface area contributed by atoms with Gasteiger partial charge in [-0.2, -0.15) is 8.78 Å². The van der Waals surface area contributed by atoms with Crippen molar-refractivity contribution < 1.29 is 33.0 Å². The van der Waals surface area contributed by atoms with E-state index in [1.807, 2.05) is 45.2 Å². The van der Waals surface area contributed by atoms with Crippen LogP contribution >= 0.6 is 45.2 Å². The van der Waals surface area contributed by atoms with Crippen molar-refractivity contribution in [2.75, 3.05) is 5.32 Å². The molecule has 0 radical (unpaired) electrons. The molecule has 0 spiro atoms. The van der Waals surface area contributed by atoms with Crippen LogP contribution in [0.3, 0.4) is 0 Å². The van der Waals surface area contributed by atoms with Crippen molar-refractivity contribution >= 4 is 68.7 Å². The molecule has 1 amide bonds. The van der Waals surface area contributed by atoms with Gasteiger partial charge in [-0.1, -0.05) is 0 Å². The molecule has 0 aliphatic heterocycles. The van der Waals surface area contributed by atoms with Crippen molar-refractivity contribution in [1.82, 2.24) is 0 Å². The van der Waals surface area contributed by atoms with Crippen LogP contribution < -0.4 is 10.4 Å². The van der Waals surface area contributed by atoms with Gasteiger partial charge in [-0.15, -0.1) is 0 Å². The number of hydrogen-bond acceptors (Lipinski definition) is 5. The second kappa shape index (κ2) is 7.45. The number of amides is 1. The Bertz CT molecular complexity index is 707. The zero-order chi connectivity index (χ0) is 18.9. The van der Waals surface area contributed by atoms with Crippen LogP contribution in [0.15, 0.2) is 12.1 Å². The summed E-state index contributed by atoms with van der Waals surface area (Å²) in [5.74, 6) is -8.71. The minimum Gasteiger partial charge on any atom is -0.544 e. The zero-order valence-electron chi connectivity index (χ0n) is 12.7. The van der Waals surface area contributed by atoms with E-state index >= 15 is 0 Å². The van der Waals surface area contributed by atoms with Gasteiger partial charge >= 0.3 is 11.9 Å².